The van der Waals surface area contributed by atoms with Crippen molar-refractivity contribution in [3.8, 4) is 5.75 Å². The molecule has 2 amide bonds. The average molecular weight is 285 g/mol. The molecule has 0 radical (unpaired) electrons. The van der Waals surface area contributed by atoms with Gasteiger partial charge in [0.05, 0.1) is 12.7 Å². The summed E-state index contributed by atoms with van der Waals surface area (Å²) in [6, 6.07) is 1.63. The molecule has 0 aromatic heterocycles. The van der Waals surface area contributed by atoms with Crippen LogP contribution >= 0.6 is 0 Å². The fraction of sp³-hybridized carbons (Fsp3) is 0.200. The number of hydrogen-bond donors (Lipinski definition) is 1. The highest BCUT2D eigenvalue weighted by Gasteiger charge is 2.32. The summed E-state index contributed by atoms with van der Waals surface area (Å²) >= 11 is 0. The van der Waals surface area contributed by atoms with Gasteiger partial charge in [-0.2, -0.15) is 0 Å². The molecule has 3 aliphatic rings. The van der Waals surface area contributed by atoms with Gasteiger partial charge in [0.15, 0.2) is 0 Å². The number of benzene rings is 1. The number of rotatable bonds is 1. The van der Waals surface area contributed by atoms with Crippen molar-refractivity contribution in [3.05, 3.63) is 33.7 Å². The maximum Gasteiger partial charge on any atom is 0.293 e. The maximum atomic E-state index is 12.1. The lowest BCUT2D eigenvalue weighted by molar-refractivity contribution is -0.114. The van der Waals surface area contributed by atoms with Gasteiger partial charge < -0.3 is 14.2 Å². The number of carbonyl (C=O) groups excluding carboxylic acids is 2. The number of fused-ring (bicyclic) bond motifs is 2. The van der Waals surface area contributed by atoms with Gasteiger partial charge in [-0.15, -0.1) is 0 Å². The number of hydrogen-bond acceptors (Lipinski definition) is 5. The molecule has 0 atom stereocenters. The van der Waals surface area contributed by atoms with Gasteiger partial charge in [-0.05, 0) is 17.7 Å². The molecule has 1 aliphatic carbocycles. The first kappa shape index (κ1) is 12.0. The fourth-order valence-corrected chi connectivity index (χ4v) is 2.90. The van der Waals surface area contributed by atoms with E-state index in [9.17, 15) is 9.59 Å². The van der Waals surface area contributed by atoms with Crippen LogP contribution in [-0.2, 0) is 14.3 Å². The molecular weight excluding hydrogens is 274 g/mol. The van der Waals surface area contributed by atoms with E-state index >= 15 is 0 Å². The van der Waals surface area contributed by atoms with Crippen molar-refractivity contribution < 1.29 is 23.8 Å². The van der Waals surface area contributed by atoms with Crippen molar-refractivity contribution >= 4 is 29.4 Å². The number of nitrogens with one attached hydrogen (secondary N) is 1. The fourth-order valence-electron chi connectivity index (χ4n) is 2.90. The Morgan fingerprint density at radius 2 is 2.05 bits per heavy atom. The lowest BCUT2D eigenvalue weighted by Crippen LogP contribution is -2.45. The second-order valence-electron chi connectivity index (χ2n) is 4.82. The third-order valence-corrected chi connectivity index (χ3v) is 3.75. The molecule has 0 saturated carbocycles. The third-order valence-electron chi connectivity index (χ3n) is 3.75. The maximum absolute atomic E-state index is 12.1. The first-order valence-electron chi connectivity index (χ1n) is 6.48. The first-order valence-corrected chi connectivity index (χ1v) is 6.48. The van der Waals surface area contributed by atoms with Crippen molar-refractivity contribution in [2.24, 2.45) is 0 Å². The van der Waals surface area contributed by atoms with Gasteiger partial charge in [0.2, 0.25) is 6.79 Å². The minimum Gasteiger partial charge on any atom is -0.468 e. The molecule has 0 saturated heterocycles. The van der Waals surface area contributed by atoms with Crippen LogP contribution in [0, 0.1) is 0 Å². The van der Waals surface area contributed by atoms with E-state index in [0.717, 1.165) is 5.22 Å². The monoisotopic (exact) mass is 285 g/mol. The van der Waals surface area contributed by atoms with Crippen molar-refractivity contribution in [1.82, 2.24) is 5.32 Å². The molecule has 0 spiro atoms. The highest BCUT2D eigenvalue weighted by molar-refractivity contribution is 6.31. The number of methoxy groups -OCH3 is 1. The standard InChI is InChI=1S/C15H11NO5/c1-19-15-12-7-3-2-4-8-11(7)9(14(18)16-13(8)17)5-10(12)20-6-21-15/h3-5H,2,6H2,1H3,(H,16,17,18). The minimum atomic E-state index is -0.416. The second-order valence-corrected chi connectivity index (χ2v) is 4.82. The molecule has 0 unspecified atom stereocenters. The van der Waals surface area contributed by atoms with Crippen LogP contribution < -0.4 is 20.5 Å². The summed E-state index contributed by atoms with van der Waals surface area (Å²) in [7, 11) is 1.51. The third kappa shape index (κ3) is 1.53. The van der Waals surface area contributed by atoms with E-state index in [1.165, 1.54) is 7.11 Å². The normalized spacial score (nSPS) is 18.3. The van der Waals surface area contributed by atoms with E-state index in [1.54, 1.807) is 12.1 Å². The molecule has 2 heterocycles. The average Bonchev–Trinajstić information content (AvgIpc) is 2.51. The molecule has 106 valence electrons. The topological polar surface area (TPSA) is 73.9 Å². The zero-order valence-electron chi connectivity index (χ0n) is 11.2. The molecule has 0 fully saturated rings. The molecule has 2 aliphatic heterocycles. The SMILES string of the molecule is COC1=c2c(cc3c4c2=CCC=C4C(=O)NC3=O)OCO1. The van der Waals surface area contributed by atoms with Crippen LogP contribution in [0.5, 0.6) is 5.75 Å². The van der Waals surface area contributed by atoms with E-state index in [-0.39, 0.29) is 12.7 Å². The number of carbonyl (C=O) groups is 2. The van der Waals surface area contributed by atoms with Crippen LogP contribution in [0.1, 0.15) is 22.3 Å². The largest absolute Gasteiger partial charge is 0.468 e. The van der Waals surface area contributed by atoms with E-state index in [4.69, 9.17) is 14.2 Å². The summed E-state index contributed by atoms with van der Waals surface area (Å²) < 4.78 is 16.1. The number of allylic oxidation sites excluding steroid dienone is 1. The molecule has 21 heavy (non-hydrogen) atoms. The van der Waals surface area contributed by atoms with Crippen LogP contribution in [-0.4, -0.2) is 25.7 Å². The van der Waals surface area contributed by atoms with Crippen molar-refractivity contribution in [1.29, 1.82) is 0 Å². The second kappa shape index (κ2) is 4.12. The molecule has 0 bridgehead atoms. The highest BCUT2D eigenvalue weighted by Crippen LogP contribution is 2.26. The summed E-state index contributed by atoms with van der Waals surface area (Å²) in [5.41, 5.74) is 1.56. The predicted molar refractivity (Wildman–Crippen MR) is 72.2 cm³/mol. The Labute approximate surface area is 119 Å². The van der Waals surface area contributed by atoms with E-state index < -0.39 is 5.91 Å². The number of imide groups is 1. The molecule has 1 aromatic carbocycles. The van der Waals surface area contributed by atoms with Gasteiger partial charge in [0.25, 0.3) is 17.8 Å². The molecule has 6 nitrogen and oxygen atoms in total. The Morgan fingerprint density at radius 1 is 1.19 bits per heavy atom. The van der Waals surface area contributed by atoms with Crippen LogP contribution in [0.25, 0.3) is 17.6 Å². The van der Waals surface area contributed by atoms with Crippen molar-refractivity contribution in [3.63, 3.8) is 0 Å². The van der Waals surface area contributed by atoms with Crippen LogP contribution in [0.4, 0.5) is 0 Å². The number of amides is 2. The molecule has 1 N–H and O–H groups in total. The predicted octanol–water partition coefficient (Wildman–Crippen LogP) is -0.397. The lowest BCUT2D eigenvalue weighted by atomic mass is 9.88. The summed E-state index contributed by atoms with van der Waals surface area (Å²) in [6.07, 6.45) is 4.33. The Kier molecular flexibility index (Phi) is 2.35. The zero-order valence-corrected chi connectivity index (χ0v) is 11.2. The van der Waals surface area contributed by atoms with Gasteiger partial charge in [-0.25, -0.2) is 0 Å². The van der Waals surface area contributed by atoms with Crippen LogP contribution in [0.15, 0.2) is 12.1 Å². The van der Waals surface area contributed by atoms with E-state index in [2.05, 4.69) is 5.32 Å². The van der Waals surface area contributed by atoms with Gasteiger partial charge in [-0.1, -0.05) is 12.2 Å². The Balaban J connectivity index is 2.20. The van der Waals surface area contributed by atoms with E-state index in [1.807, 2.05) is 6.08 Å². The summed E-state index contributed by atoms with van der Waals surface area (Å²) in [5, 5.41) is 3.74. The Morgan fingerprint density at radius 3 is 2.86 bits per heavy atom. The zero-order chi connectivity index (χ0) is 14.6. The molecule has 1 aromatic rings. The summed E-state index contributed by atoms with van der Waals surface area (Å²) in [5.74, 6) is 0.0674. The summed E-state index contributed by atoms with van der Waals surface area (Å²) in [6.45, 7) is 0.0254. The van der Waals surface area contributed by atoms with Gasteiger partial charge in [0, 0.05) is 11.1 Å². The van der Waals surface area contributed by atoms with Crippen LogP contribution in [0.3, 0.4) is 0 Å². The minimum absolute atomic E-state index is 0.0254. The molecule has 4 rings (SSSR count). The Hall–Kier alpha value is -2.76. The van der Waals surface area contributed by atoms with Crippen LogP contribution in [0.2, 0.25) is 0 Å². The lowest BCUT2D eigenvalue weighted by Gasteiger charge is -2.25. The number of ether oxygens (including phenoxy) is 3. The molecule has 6 heteroatoms. The van der Waals surface area contributed by atoms with Crippen molar-refractivity contribution in [2.75, 3.05) is 13.9 Å². The van der Waals surface area contributed by atoms with Gasteiger partial charge >= 0.3 is 0 Å². The van der Waals surface area contributed by atoms with Gasteiger partial charge in [-0.3, -0.25) is 14.9 Å². The van der Waals surface area contributed by atoms with E-state index in [0.29, 0.717) is 40.0 Å². The van der Waals surface area contributed by atoms with Crippen molar-refractivity contribution in [2.45, 2.75) is 6.42 Å². The summed E-state index contributed by atoms with van der Waals surface area (Å²) in [4.78, 5) is 24.1. The highest BCUT2D eigenvalue weighted by atomic mass is 16.7. The van der Waals surface area contributed by atoms with Gasteiger partial charge in [0.1, 0.15) is 11.0 Å². The smallest absolute Gasteiger partial charge is 0.293 e. The quantitative estimate of drug-likeness (QED) is 0.711. The Bertz CT molecular complexity index is 850. The molecular formula is C15H11NO5. The first-order chi connectivity index (χ1) is 10.2.